The fourth-order valence-electron chi connectivity index (χ4n) is 3.55. The summed E-state index contributed by atoms with van der Waals surface area (Å²) >= 11 is 0. The van der Waals surface area contributed by atoms with E-state index in [0.717, 1.165) is 25.7 Å². The molecule has 1 aliphatic heterocycles. The van der Waals surface area contributed by atoms with Crippen LogP contribution in [0.25, 0.3) is 10.8 Å². The van der Waals surface area contributed by atoms with Crippen molar-refractivity contribution in [1.82, 2.24) is 4.98 Å². The molecule has 0 fully saturated rings. The topological polar surface area (TPSA) is 16.1 Å². The molecule has 116 valence electrons. The van der Waals surface area contributed by atoms with Crippen LogP contribution in [0.4, 0.5) is 5.69 Å². The smallest absolute Gasteiger partial charge is 0.0430 e. The van der Waals surface area contributed by atoms with Gasteiger partial charge in [-0.15, -0.1) is 0 Å². The number of aromatic nitrogens is 1. The standard InChI is InChI=1S/C21H22N2/c1-23(2)19-13-17-11-9-15-5-3-7-20-16(6-4-8-21(15)20)10-12-18(14-19)22-17/h3-8,13-14H,9-12H2,1-2H3. The van der Waals surface area contributed by atoms with Crippen molar-refractivity contribution < 1.29 is 0 Å². The Hall–Kier alpha value is -2.35. The molecule has 1 aromatic heterocycles. The lowest BCUT2D eigenvalue weighted by Crippen LogP contribution is -2.11. The number of fused-ring (bicyclic) bond motifs is 2. The van der Waals surface area contributed by atoms with Gasteiger partial charge in [-0.2, -0.15) is 0 Å². The first-order valence-corrected chi connectivity index (χ1v) is 8.37. The van der Waals surface area contributed by atoms with Gasteiger partial charge in [0.2, 0.25) is 0 Å². The third kappa shape index (κ3) is 2.70. The average Bonchev–Trinajstić information content (AvgIpc) is 2.58. The molecule has 0 saturated carbocycles. The van der Waals surface area contributed by atoms with Crippen molar-refractivity contribution in [2.24, 2.45) is 0 Å². The van der Waals surface area contributed by atoms with Crippen molar-refractivity contribution in [3.8, 4) is 0 Å². The van der Waals surface area contributed by atoms with Crippen LogP contribution in [0.2, 0.25) is 0 Å². The molecule has 0 N–H and O–H groups in total. The Labute approximate surface area is 137 Å². The molecule has 2 nitrogen and oxygen atoms in total. The van der Waals surface area contributed by atoms with Gasteiger partial charge in [-0.25, -0.2) is 0 Å². The minimum atomic E-state index is 0.998. The van der Waals surface area contributed by atoms with Crippen molar-refractivity contribution in [2.45, 2.75) is 25.7 Å². The number of benzene rings is 2. The summed E-state index contributed by atoms with van der Waals surface area (Å²) in [6, 6.07) is 17.9. The summed E-state index contributed by atoms with van der Waals surface area (Å²) in [6.07, 6.45) is 4.09. The van der Waals surface area contributed by atoms with Gasteiger partial charge < -0.3 is 4.90 Å². The minimum Gasteiger partial charge on any atom is -0.378 e. The molecule has 0 atom stereocenters. The van der Waals surface area contributed by atoms with Gasteiger partial charge in [-0.3, -0.25) is 4.98 Å². The molecule has 0 radical (unpaired) electrons. The Bertz CT molecular complexity index is 799. The molecule has 0 spiro atoms. The van der Waals surface area contributed by atoms with E-state index >= 15 is 0 Å². The van der Waals surface area contributed by atoms with Crippen molar-refractivity contribution >= 4 is 16.5 Å². The maximum absolute atomic E-state index is 4.91. The Morgan fingerprint density at radius 3 is 1.74 bits per heavy atom. The van der Waals surface area contributed by atoms with E-state index in [1.165, 1.54) is 39.0 Å². The van der Waals surface area contributed by atoms with Crippen LogP contribution < -0.4 is 4.90 Å². The zero-order valence-electron chi connectivity index (χ0n) is 13.8. The molecule has 2 heteroatoms. The Kier molecular flexibility index (Phi) is 3.53. The van der Waals surface area contributed by atoms with Crippen LogP contribution in [-0.4, -0.2) is 19.1 Å². The second kappa shape index (κ2) is 5.69. The maximum Gasteiger partial charge on any atom is 0.0430 e. The number of anilines is 1. The third-order valence-corrected chi connectivity index (χ3v) is 4.84. The molecule has 0 unspecified atom stereocenters. The number of aryl methyl sites for hydroxylation is 4. The van der Waals surface area contributed by atoms with Gasteiger partial charge in [0.05, 0.1) is 0 Å². The largest absolute Gasteiger partial charge is 0.378 e. The molecule has 1 aliphatic rings. The SMILES string of the molecule is CN(C)c1cc2nc(c1)CCc1cccc3c(cccc13)CC2. The Morgan fingerprint density at radius 2 is 1.26 bits per heavy atom. The van der Waals surface area contributed by atoms with Crippen LogP contribution in [0.15, 0.2) is 48.5 Å². The molecule has 0 amide bonds. The van der Waals surface area contributed by atoms with E-state index in [-0.39, 0.29) is 0 Å². The first-order chi connectivity index (χ1) is 11.2. The van der Waals surface area contributed by atoms with Crippen molar-refractivity contribution in [3.63, 3.8) is 0 Å². The van der Waals surface area contributed by atoms with Gasteiger partial charge in [0, 0.05) is 31.2 Å². The van der Waals surface area contributed by atoms with Gasteiger partial charge in [0.1, 0.15) is 0 Å². The van der Waals surface area contributed by atoms with E-state index in [9.17, 15) is 0 Å². The zero-order valence-corrected chi connectivity index (χ0v) is 13.8. The molecule has 4 rings (SSSR count). The van der Waals surface area contributed by atoms with Crippen LogP contribution in [0.3, 0.4) is 0 Å². The summed E-state index contributed by atoms with van der Waals surface area (Å²) in [6.45, 7) is 0. The van der Waals surface area contributed by atoms with Crippen molar-refractivity contribution in [3.05, 3.63) is 71.0 Å². The molecule has 2 heterocycles. The Morgan fingerprint density at radius 1 is 0.739 bits per heavy atom. The van der Waals surface area contributed by atoms with Crippen LogP contribution in [0.1, 0.15) is 22.5 Å². The van der Waals surface area contributed by atoms with E-state index in [2.05, 4.69) is 67.5 Å². The van der Waals surface area contributed by atoms with Crippen molar-refractivity contribution in [2.75, 3.05) is 19.0 Å². The first kappa shape index (κ1) is 14.3. The highest BCUT2D eigenvalue weighted by Gasteiger charge is 2.11. The van der Waals surface area contributed by atoms with Crippen LogP contribution in [0, 0.1) is 0 Å². The third-order valence-electron chi connectivity index (χ3n) is 4.84. The molecule has 6 bridgehead atoms. The van der Waals surface area contributed by atoms with E-state index < -0.39 is 0 Å². The lowest BCUT2D eigenvalue weighted by atomic mass is 9.95. The minimum absolute atomic E-state index is 0.998. The van der Waals surface area contributed by atoms with Gasteiger partial charge in [0.25, 0.3) is 0 Å². The van der Waals surface area contributed by atoms with E-state index in [0.29, 0.717) is 0 Å². The van der Waals surface area contributed by atoms with Gasteiger partial charge in [0.15, 0.2) is 0 Å². The lowest BCUT2D eigenvalue weighted by molar-refractivity contribution is 0.862. The molecule has 3 aromatic rings. The molecule has 0 saturated heterocycles. The number of nitrogens with zero attached hydrogens (tertiary/aromatic N) is 2. The monoisotopic (exact) mass is 302 g/mol. The number of rotatable bonds is 1. The molecule has 0 aliphatic carbocycles. The van der Waals surface area contributed by atoms with E-state index in [1.54, 1.807) is 0 Å². The summed E-state index contributed by atoms with van der Waals surface area (Å²) < 4.78 is 0. The highest BCUT2D eigenvalue weighted by molar-refractivity contribution is 5.88. The summed E-state index contributed by atoms with van der Waals surface area (Å²) in [5.41, 5.74) is 6.54. The van der Waals surface area contributed by atoms with Crippen LogP contribution >= 0.6 is 0 Å². The van der Waals surface area contributed by atoms with Gasteiger partial charge in [-0.05, 0) is 59.7 Å². The average molecular weight is 302 g/mol. The van der Waals surface area contributed by atoms with Crippen molar-refractivity contribution in [1.29, 1.82) is 0 Å². The molecule has 23 heavy (non-hydrogen) atoms. The lowest BCUT2D eigenvalue weighted by Gasteiger charge is -2.15. The number of hydrogen-bond donors (Lipinski definition) is 0. The fourth-order valence-corrected chi connectivity index (χ4v) is 3.55. The number of pyridine rings is 1. The summed E-state index contributed by atoms with van der Waals surface area (Å²) in [5, 5.41) is 2.82. The quantitative estimate of drug-likeness (QED) is 0.670. The summed E-state index contributed by atoms with van der Waals surface area (Å²) in [7, 11) is 4.21. The normalized spacial score (nSPS) is 13.8. The van der Waals surface area contributed by atoms with Crippen LogP contribution in [-0.2, 0) is 25.7 Å². The van der Waals surface area contributed by atoms with E-state index in [1.807, 2.05) is 0 Å². The zero-order chi connectivity index (χ0) is 15.8. The summed E-state index contributed by atoms with van der Waals surface area (Å²) in [5.74, 6) is 0. The van der Waals surface area contributed by atoms with Gasteiger partial charge in [-0.1, -0.05) is 36.4 Å². The number of hydrogen-bond acceptors (Lipinski definition) is 2. The first-order valence-electron chi connectivity index (χ1n) is 8.37. The second-order valence-electron chi connectivity index (χ2n) is 6.63. The van der Waals surface area contributed by atoms with E-state index in [4.69, 9.17) is 4.98 Å². The highest BCUT2D eigenvalue weighted by atomic mass is 15.1. The fraction of sp³-hybridized carbons (Fsp3) is 0.286. The molecular formula is C21H22N2. The van der Waals surface area contributed by atoms with Crippen LogP contribution in [0.5, 0.6) is 0 Å². The maximum atomic E-state index is 4.91. The molecular weight excluding hydrogens is 280 g/mol. The molecule has 2 aromatic carbocycles. The highest BCUT2D eigenvalue weighted by Crippen LogP contribution is 2.26. The predicted octanol–water partition coefficient (Wildman–Crippen LogP) is 4.18. The summed E-state index contributed by atoms with van der Waals surface area (Å²) in [4.78, 5) is 7.08. The van der Waals surface area contributed by atoms with Gasteiger partial charge >= 0.3 is 0 Å². The predicted molar refractivity (Wildman–Crippen MR) is 97.3 cm³/mol. The Balaban J connectivity index is 1.86. The second-order valence-corrected chi connectivity index (χ2v) is 6.63.